The van der Waals surface area contributed by atoms with Gasteiger partial charge in [-0.3, -0.25) is 4.79 Å². The van der Waals surface area contributed by atoms with Crippen LogP contribution in [0.5, 0.6) is 5.75 Å². The molecule has 1 amide bonds. The Morgan fingerprint density at radius 1 is 1.24 bits per heavy atom. The van der Waals surface area contributed by atoms with Gasteiger partial charge in [0.2, 0.25) is 0 Å². The molecule has 0 bridgehead atoms. The summed E-state index contributed by atoms with van der Waals surface area (Å²) >= 11 is 0. The molecule has 3 heterocycles. The van der Waals surface area contributed by atoms with Crippen LogP contribution < -0.4 is 0 Å². The van der Waals surface area contributed by atoms with E-state index >= 15 is 0 Å². The highest BCUT2D eigenvalue weighted by Gasteiger charge is 2.27. The van der Waals surface area contributed by atoms with Crippen molar-refractivity contribution < 1.29 is 9.90 Å². The van der Waals surface area contributed by atoms with Crippen LogP contribution in [0.4, 0.5) is 0 Å². The number of hydrogen-bond acceptors (Lipinski definition) is 4. The second-order valence-electron chi connectivity index (χ2n) is 6.11. The van der Waals surface area contributed by atoms with Crippen LogP contribution in [0.2, 0.25) is 0 Å². The first kappa shape index (κ1) is 14.3. The van der Waals surface area contributed by atoms with E-state index in [-0.39, 0.29) is 17.4 Å². The van der Waals surface area contributed by atoms with Gasteiger partial charge in [0.1, 0.15) is 5.75 Å². The number of hydrogen-bond donors (Lipinski definition) is 1. The molecule has 0 aliphatic carbocycles. The van der Waals surface area contributed by atoms with Gasteiger partial charge in [-0.25, -0.2) is 4.98 Å². The molecule has 5 heteroatoms. The number of aromatic hydroxyl groups is 1. The summed E-state index contributed by atoms with van der Waals surface area (Å²) in [6, 6.07) is 3.15. The predicted octanol–water partition coefficient (Wildman–Crippen LogP) is 1.74. The van der Waals surface area contributed by atoms with E-state index in [0.29, 0.717) is 5.92 Å². The highest BCUT2D eigenvalue weighted by atomic mass is 16.3. The van der Waals surface area contributed by atoms with E-state index in [1.165, 1.54) is 38.5 Å². The van der Waals surface area contributed by atoms with E-state index < -0.39 is 0 Å². The van der Waals surface area contributed by atoms with Gasteiger partial charge in [0.05, 0.1) is 0 Å². The largest absolute Gasteiger partial charge is 0.505 e. The van der Waals surface area contributed by atoms with Crippen LogP contribution in [0.25, 0.3) is 0 Å². The third-order valence-corrected chi connectivity index (χ3v) is 4.61. The molecule has 0 unspecified atom stereocenters. The molecule has 0 radical (unpaired) electrons. The zero-order chi connectivity index (χ0) is 14.7. The number of carbonyl (C=O) groups is 1. The van der Waals surface area contributed by atoms with Crippen molar-refractivity contribution in [3.63, 3.8) is 0 Å². The Balaban J connectivity index is 1.53. The number of amides is 1. The molecule has 2 saturated heterocycles. The minimum Gasteiger partial charge on any atom is -0.505 e. The monoisotopic (exact) mass is 289 g/mol. The van der Waals surface area contributed by atoms with Gasteiger partial charge in [-0.1, -0.05) is 0 Å². The van der Waals surface area contributed by atoms with E-state index in [0.717, 1.165) is 25.9 Å². The molecule has 0 aromatic carbocycles. The number of likely N-dealkylation sites (tertiary alicyclic amines) is 2. The maximum absolute atomic E-state index is 12.4. The van der Waals surface area contributed by atoms with Gasteiger partial charge < -0.3 is 14.9 Å². The maximum atomic E-state index is 12.4. The summed E-state index contributed by atoms with van der Waals surface area (Å²) in [7, 11) is 0. The van der Waals surface area contributed by atoms with Crippen molar-refractivity contribution in [1.29, 1.82) is 0 Å². The lowest BCUT2D eigenvalue weighted by atomic mass is 9.96. The molecule has 0 saturated carbocycles. The highest BCUT2D eigenvalue weighted by Crippen LogP contribution is 2.23. The molecule has 2 fully saturated rings. The zero-order valence-electron chi connectivity index (χ0n) is 12.4. The molecule has 21 heavy (non-hydrogen) atoms. The van der Waals surface area contributed by atoms with Crippen molar-refractivity contribution in [1.82, 2.24) is 14.8 Å². The summed E-state index contributed by atoms with van der Waals surface area (Å²) < 4.78 is 0. The lowest BCUT2D eigenvalue weighted by molar-refractivity contribution is 0.0664. The molecule has 2 aliphatic heterocycles. The average molecular weight is 289 g/mol. The summed E-state index contributed by atoms with van der Waals surface area (Å²) in [4.78, 5) is 20.7. The molecule has 2 aliphatic rings. The Bertz CT molecular complexity index is 492. The number of rotatable bonds is 3. The predicted molar refractivity (Wildman–Crippen MR) is 80.2 cm³/mol. The Morgan fingerprint density at radius 3 is 2.62 bits per heavy atom. The molecule has 0 atom stereocenters. The molecular formula is C16H23N3O2. The topological polar surface area (TPSA) is 56.7 Å². The fourth-order valence-corrected chi connectivity index (χ4v) is 3.36. The van der Waals surface area contributed by atoms with Crippen LogP contribution in [-0.4, -0.2) is 58.5 Å². The molecule has 1 N–H and O–H groups in total. The van der Waals surface area contributed by atoms with Gasteiger partial charge in [-0.2, -0.15) is 0 Å². The number of piperidine rings is 1. The second-order valence-corrected chi connectivity index (χ2v) is 6.11. The van der Waals surface area contributed by atoms with Crippen molar-refractivity contribution in [3.8, 4) is 5.75 Å². The first-order valence-electron chi connectivity index (χ1n) is 7.89. The van der Waals surface area contributed by atoms with Gasteiger partial charge >= 0.3 is 0 Å². The fourth-order valence-electron chi connectivity index (χ4n) is 3.36. The van der Waals surface area contributed by atoms with E-state index in [1.54, 1.807) is 12.3 Å². The molecule has 1 aromatic heterocycles. The third-order valence-electron chi connectivity index (χ3n) is 4.61. The molecule has 5 nitrogen and oxygen atoms in total. The minimum absolute atomic E-state index is 0.0262. The Labute approximate surface area is 125 Å². The van der Waals surface area contributed by atoms with Crippen LogP contribution in [0, 0.1) is 5.92 Å². The van der Waals surface area contributed by atoms with Gasteiger partial charge in [-0.15, -0.1) is 0 Å². The maximum Gasteiger partial charge on any atom is 0.276 e. The first-order valence-corrected chi connectivity index (χ1v) is 7.89. The second kappa shape index (κ2) is 6.43. The van der Waals surface area contributed by atoms with Crippen molar-refractivity contribution in [2.75, 3.05) is 32.7 Å². The smallest absolute Gasteiger partial charge is 0.276 e. The number of pyridine rings is 1. The number of carbonyl (C=O) groups excluding carboxylic acids is 1. The average Bonchev–Trinajstić information content (AvgIpc) is 3.01. The Hall–Kier alpha value is -1.62. The van der Waals surface area contributed by atoms with Gasteiger partial charge in [0, 0.05) is 25.8 Å². The fraction of sp³-hybridized carbons (Fsp3) is 0.625. The van der Waals surface area contributed by atoms with Crippen LogP contribution >= 0.6 is 0 Å². The SMILES string of the molecule is O=C(c1ncccc1O)N1CCC(CN2CCCC2)CC1. The van der Waals surface area contributed by atoms with Gasteiger partial charge in [0.25, 0.3) is 5.91 Å². The van der Waals surface area contributed by atoms with E-state index in [9.17, 15) is 9.90 Å². The lowest BCUT2D eigenvalue weighted by Gasteiger charge is -2.33. The standard InChI is InChI=1S/C16H23N3O2/c20-14-4-3-7-17-15(14)16(21)19-10-5-13(6-11-19)12-18-8-1-2-9-18/h3-4,7,13,20H,1-2,5-6,8-12H2. The molecule has 1 aromatic rings. The third kappa shape index (κ3) is 3.35. The summed E-state index contributed by atoms with van der Waals surface area (Å²) in [5.74, 6) is 0.527. The van der Waals surface area contributed by atoms with Gasteiger partial charge in [-0.05, 0) is 56.8 Å². The molecular weight excluding hydrogens is 266 g/mol. The van der Waals surface area contributed by atoms with Crippen LogP contribution in [0.3, 0.4) is 0 Å². The Morgan fingerprint density at radius 2 is 1.95 bits per heavy atom. The minimum atomic E-state index is -0.146. The van der Waals surface area contributed by atoms with Gasteiger partial charge in [0.15, 0.2) is 5.69 Å². The van der Waals surface area contributed by atoms with Crippen LogP contribution in [-0.2, 0) is 0 Å². The number of nitrogens with zero attached hydrogens (tertiary/aromatic N) is 3. The van der Waals surface area contributed by atoms with E-state index in [1.807, 2.05) is 4.90 Å². The quantitative estimate of drug-likeness (QED) is 0.921. The van der Waals surface area contributed by atoms with E-state index in [4.69, 9.17) is 0 Å². The highest BCUT2D eigenvalue weighted by molar-refractivity contribution is 5.94. The van der Waals surface area contributed by atoms with Crippen LogP contribution in [0.1, 0.15) is 36.2 Å². The van der Waals surface area contributed by atoms with Crippen molar-refractivity contribution in [2.24, 2.45) is 5.92 Å². The summed E-state index contributed by atoms with van der Waals surface area (Å²) in [6.45, 7) is 5.19. The van der Waals surface area contributed by atoms with E-state index in [2.05, 4.69) is 9.88 Å². The van der Waals surface area contributed by atoms with Crippen molar-refractivity contribution >= 4 is 5.91 Å². The first-order chi connectivity index (χ1) is 10.2. The van der Waals surface area contributed by atoms with Crippen molar-refractivity contribution in [3.05, 3.63) is 24.0 Å². The molecule has 114 valence electrons. The molecule has 3 rings (SSSR count). The Kier molecular flexibility index (Phi) is 4.39. The summed E-state index contributed by atoms with van der Waals surface area (Å²) in [5.41, 5.74) is 0.176. The summed E-state index contributed by atoms with van der Waals surface area (Å²) in [5, 5.41) is 9.74. The van der Waals surface area contributed by atoms with Crippen molar-refractivity contribution in [2.45, 2.75) is 25.7 Å². The summed E-state index contributed by atoms with van der Waals surface area (Å²) in [6.07, 6.45) is 6.31. The zero-order valence-corrected chi connectivity index (χ0v) is 12.4. The normalized spacial score (nSPS) is 20.9. The molecule has 0 spiro atoms. The number of aromatic nitrogens is 1. The lowest BCUT2D eigenvalue weighted by Crippen LogP contribution is -2.41. The van der Waals surface area contributed by atoms with Crippen LogP contribution in [0.15, 0.2) is 18.3 Å².